The molecule has 0 radical (unpaired) electrons. The van der Waals surface area contributed by atoms with Gasteiger partial charge >= 0.3 is 0 Å². The molecule has 1 spiro atoms. The Morgan fingerprint density at radius 1 is 0.912 bits per heavy atom. The molecule has 3 heterocycles. The molecule has 0 saturated carbocycles. The number of nitrogens with zero attached hydrogens (tertiary/aromatic N) is 3. The maximum atomic E-state index is 12.4. The van der Waals surface area contributed by atoms with E-state index in [-0.39, 0.29) is 5.41 Å². The van der Waals surface area contributed by atoms with Crippen LogP contribution in [0.2, 0.25) is 0 Å². The van der Waals surface area contributed by atoms with Gasteiger partial charge in [0.05, 0.1) is 18.6 Å². The Hall–Kier alpha value is -2.25. The molecule has 0 bridgehead atoms. The Labute approximate surface area is 204 Å². The summed E-state index contributed by atoms with van der Waals surface area (Å²) in [5, 5.41) is 0. The highest BCUT2D eigenvalue weighted by Crippen LogP contribution is 2.48. The van der Waals surface area contributed by atoms with Crippen LogP contribution in [0.1, 0.15) is 44.1 Å². The van der Waals surface area contributed by atoms with Crippen molar-refractivity contribution in [3.63, 3.8) is 0 Å². The van der Waals surface area contributed by atoms with Gasteiger partial charge < -0.3 is 14.5 Å². The molecule has 2 saturated heterocycles. The topological polar surface area (TPSA) is 53.1 Å². The van der Waals surface area contributed by atoms with Gasteiger partial charge in [-0.3, -0.25) is 4.31 Å². The predicted octanol–water partition coefficient (Wildman–Crippen LogP) is 4.26. The molecule has 2 aromatic carbocycles. The van der Waals surface area contributed by atoms with Gasteiger partial charge in [-0.1, -0.05) is 24.6 Å². The van der Waals surface area contributed by atoms with E-state index < -0.39 is 10.0 Å². The number of ether oxygens (including phenoxy) is 1. The maximum Gasteiger partial charge on any atom is 0.232 e. The number of benzene rings is 2. The van der Waals surface area contributed by atoms with E-state index in [1.165, 1.54) is 49.9 Å². The fourth-order valence-electron chi connectivity index (χ4n) is 5.92. The fourth-order valence-corrected chi connectivity index (χ4v) is 6.91. The molecule has 184 valence electrons. The molecule has 0 amide bonds. The van der Waals surface area contributed by atoms with E-state index >= 15 is 0 Å². The monoisotopic (exact) mass is 483 g/mol. The van der Waals surface area contributed by atoms with Gasteiger partial charge in [0.15, 0.2) is 0 Å². The number of hydrogen-bond acceptors (Lipinski definition) is 5. The van der Waals surface area contributed by atoms with Gasteiger partial charge in [-0.15, -0.1) is 0 Å². The zero-order valence-electron chi connectivity index (χ0n) is 20.3. The van der Waals surface area contributed by atoms with Crippen LogP contribution in [0, 0.1) is 0 Å². The molecule has 0 N–H and O–H groups in total. The van der Waals surface area contributed by atoms with Crippen molar-refractivity contribution >= 4 is 21.4 Å². The first-order valence-electron chi connectivity index (χ1n) is 12.7. The maximum absolute atomic E-state index is 12.4. The van der Waals surface area contributed by atoms with Crippen molar-refractivity contribution in [1.82, 2.24) is 4.90 Å². The first-order valence-corrected chi connectivity index (χ1v) is 14.6. The summed E-state index contributed by atoms with van der Waals surface area (Å²) in [6.07, 6.45) is 8.33. The van der Waals surface area contributed by atoms with Gasteiger partial charge in [-0.25, -0.2) is 8.42 Å². The standard InChI is InChI=1S/C27H37N3O3S/c1-34(31,32)30-22-27(25-8-3-4-9-26(25)30)14-19-29(20-15-27)23-10-12-24(13-11-23)33-21-7-18-28-16-5-2-6-17-28/h3-4,8-13H,2,5-7,14-22H2,1H3. The molecule has 34 heavy (non-hydrogen) atoms. The zero-order chi connectivity index (χ0) is 23.6. The van der Waals surface area contributed by atoms with Gasteiger partial charge in [0.25, 0.3) is 0 Å². The number of piperidine rings is 2. The molecule has 3 aliphatic heterocycles. The highest BCUT2D eigenvalue weighted by Gasteiger charge is 2.46. The quantitative estimate of drug-likeness (QED) is 0.551. The van der Waals surface area contributed by atoms with Crippen LogP contribution in [0.4, 0.5) is 11.4 Å². The van der Waals surface area contributed by atoms with Crippen LogP contribution in [-0.2, 0) is 15.4 Å². The first kappa shape index (κ1) is 23.5. The van der Waals surface area contributed by atoms with E-state index in [9.17, 15) is 8.42 Å². The number of para-hydroxylation sites is 1. The third kappa shape index (κ3) is 4.91. The number of likely N-dealkylation sites (tertiary alicyclic amines) is 1. The number of rotatable bonds is 7. The van der Waals surface area contributed by atoms with Gasteiger partial charge in [0, 0.05) is 37.3 Å². The second-order valence-electron chi connectivity index (χ2n) is 10.2. The van der Waals surface area contributed by atoms with Crippen LogP contribution in [0.15, 0.2) is 48.5 Å². The minimum absolute atomic E-state index is 0.0897. The summed E-state index contributed by atoms with van der Waals surface area (Å²) >= 11 is 0. The van der Waals surface area contributed by atoms with Crippen LogP contribution >= 0.6 is 0 Å². The molecule has 0 aromatic heterocycles. The van der Waals surface area contributed by atoms with Crippen LogP contribution in [-0.4, -0.2) is 65.4 Å². The van der Waals surface area contributed by atoms with Crippen LogP contribution < -0.4 is 13.9 Å². The summed E-state index contributed by atoms with van der Waals surface area (Å²) in [6, 6.07) is 16.5. The lowest BCUT2D eigenvalue weighted by atomic mass is 9.74. The van der Waals surface area contributed by atoms with E-state index in [1.54, 1.807) is 4.31 Å². The SMILES string of the molecule is CS(=O)(=O)N1CC2(CCN(c3ccc(OCCCN4CCCCC4)cc3)CC2)c2ccccc21. The molecule has 5 rings (SSSR count). The number of anilines is 2. The normalized spacial score (nSPS) is 20.5. The summed E-state index contributed by atoms with van der Waals surface area (Å²) in [5.41, 5.74) is 3.17. The van der Waals surface area contributed by atoms with E-state index in [0.717, 1.165) is 56.9 Å². The molecular weight excluding hydrogens is 446 g/mol. The van der Waals surface area contributed by atoms with Gasteiger partial charge in [0.1, 0.15) is 5.75 Å². The number of hydrogen-bond donors (Lipinski definition) is 0. The molecule has 7 heteroatoms. The summed E-state index contributed by atoms with van der Waals surface area (Å²) in [4.78, 5) is 4.97. The molecule has 0 aliphatic carbocycles. The van der Waals surface area contributed by atoms with Crippen molar-refractivity contribution in [3.05, 3.63) is 54.1 Å². The largest absolute Gasteiger partial charge is 0.494 e. The van der Waals surface area contributed by atoms with Crippen LogP contribution in [0.5, 0.6) is 5.75 Å². The summed E-state index contributed by atoms with van der Waals surface area (Å²) in [5.74, 6) is 0.935. The van der Waals surface area contributed by atoms with Crippen molar-refractivity contribution in [2.75, 3.05) is 61.3 Å². The van der Waals surface area contributed by atoms with Crippen molar-refractivity contribution in [3.8, 4) is 5.75 Å². The molecule has 2 aromatic rings. The van der Waals surface area contributed by atoms with Crippen molar-refractivity contribution in [2.24, 2.45) is 0 Å². The second kappa shape index (κ2) is 9.78. The third-order valence-electron chi connectivity index (χ3n) is 7.85. The molecule has 0 unspecified atom stereocenters. The lowest BCUT2D eigenvalue weighted by molar-refractivity contribution is 0.205. The predicted molar refractivity (Wildman–Crippen MR) is 139 cm³/mol. The lowest BCUT2D eigenvalue weighted by Gasteiger charge is -2.41. The zero-order valence-corrected chi connectivity index (χ0v) is 21.1. The summed E-state index contributed by atoms with van der Waals surface area (Å²) in [7, 11) is -3.27. The van der Waals surface area contributed by atoms with Gasteiger partial charge in [-0.05, 0) is 81.1 Å². The van der Waals surface area contributed by atoms with Crippen molar-refractivity contribution in [2.45, 2.75) is 43.9 Å². The molecule has 2 fully saturated rings. The Kier molecular flexibility index (Phi) is 6.76. The highest BCUT2D eigenvalue weighted by atomic mass is 32.2. The molecule has 3 aliphatic rings. The van der Waals surface area contributed by atoms with Crippen LogP contribution in [0.3, 0.4) is 0 Å². The van der Waals surface area contributed by atoms with E-state index in [0.29, 0.717) is 6.54 Å². The Morgan fingerprint density at radius 2 is 1.62 bits per heavy atom. The molecule has 6 nitrogen and oxygen atoms in total. The Bertz CT molecular complexity index is 1070. The highest BCUT2D eigenvalue weighted by molar-refractivity contribution is 7.92. The molecular formula is C27H37N3O3S. The second-order valence-corrected chi connectivity index (χ2v) is 12.1. The number of sulfonamides is 1. The van der Waals surface area contributed by atoms with Crippen LogP contribution in [0.25, 0.3) is 0 Å². The number of fused-ring (bicyclic) bond motifs is 2. The van der Waals surface area contributed by atoms with Gasteiger partial charge in [0.2, 0.25) is 10.0 Å². The first-order chi connectivity index (χ1) is 16.4. The smallest absolute Gasteiger partial charge is 0.232 e. The fraction of sp³-hybridized carbons (Fsp3) is 0.556. The Balaban J connectivity index is 1.15. The Morgan fingerprint density at radius 3 is 2.32 bits per heavy atom. The summed E-state index contributed by atoms with van der Waals surface area (Å²) < 4.78 is 32.4. The third-order valence-corrected chi connectivity index (χ3v) is 8.98. The lowest BCUT2D eigenvalue weighted by Crippen LogP contribution is -2.46. The van der Waals surface area contributed by atoms with Crippen molar-refractivity contribution < 1.29 is 13.2 Å². The van der Waals surface area contributed by atoms with E-state index in [2.05, 4.69) is 40.1 Å². The average Bonchev–Trinajstić information content (AvgIpc) is 3.18. The average molecular weight is 484 g/mol. The minimum atomic E-state index is -3.27. The van der Waals surface area contributed by atoms with Crippen molar-refractivity contribution in [1.29, 1.82) is 0 Å². The van der Waals surface area contributed by atoms with E-state index in [1.807, 2.05) is 18.2 Å². The summed E-state index contributed by atoms with van der Waals surface area (Å²) in [6.45, 7) is 6.77. The van der Waals surface area contributed by atoms with E-state index in [4.69, 9.17) is 4.74 Å². The minimum Gasteiger partial charge on any atom is -0.494 e. The van der Waals surface area contributed by atoms with Gasteiger partial charge in [-0.2, -0.15) is 0 Å². The molecule has 0 atom stereocenters.